The van der Waals surface area contributed by atoms with Crippen molar-refractivity contribution in [1.82, 2.24) is 15.7 Å². The quantitative estimate of drug-likeness (QED) is 0.573. The van der Waals surface area contributed by atoms with Gasteiger partial charge in [-0.05, 0) is 37.3 Å². The molecule has 130 valence electrons. The second kappa shape index (κ2) is 7.77. The molecule has 0 spiro atoms. The Hall–Kier alpha value is -1.92. The number of rotatable bonds is 3. The largest absolute Gasteiger partial charge is 0.342 e. The van der Waals surface area contributed by atoms with Crippen LogP contribution in [0.2, 0.25) is 0 Å². The minimum absolute atomic E-state index is 0.0524. The molecule has 0 unspecified atom stereocenters. The van der Waals surface area contributed by atoms with E-state index in [0.29, 0.717) is 18.9 Å². The van der Waals surface area contributed by atoms with E-state index < -0.39 is 11.8 Å². The Kier molecular flexibility index (Phi) is 5.48. The molecule has 2 saturated heterocycles. The second-order valence-corrected chi connectivity index (χ2v) is 6.69. The predicted molar refractivity (Wildman–Crippen MR) is 89.4 cm³/mol. The molecule has 2 aliphatic heterocycles. The SMILES string of the molecule is O=C(NO)[C@H]1CNCC[C@@H]1C(=O)N1CCC(c2ccccc2)CC1. The summed E-state index contributed by atoms with van der Waals surface area (Å²) in [6.45, 7) is 2.63. The lowest BCUT2D eigenvalue weighted by atomic mass is 9.83. The molecule has 0 radical (unpaired) electrons. The van der Waals surface area contributed by atoms with Gasteiger partial charge < -0.3 is 10.2 Å². The third kappa shape index (κ3) is 3.60. The van der Waals surface area contributed by atoms with Gasteiger partial charge in [0.05, 0.1) is 11.8 Å². The van der Waals surface area contributed by atoms with E-state index in [2.05, 4.69) is 29.6 Å². The van der Waals surface area contributed by atoms with Crippen molar-refractivity contribution in [2.75, 3.05) is 26.2 Å². The van der Waals surface area contributed by atoms with Gasteiger partial charge in [0, 0.05) is 19.6 Å². The van der Waals surface area contributed by atoms with Crippen molar-refractivity contribution in [3.63, 3.8) is 0 Å². The van der Waals surface area contributed by atoms with E-state index in [9.17, 15) is 9.59 Å². The van der Waals surface area contributed by atoms with Crippen LogP contribution in [-0.4, -0.2) is 48.1 Å². The Morgan fingerprint density at radius 2 is 1.79 bits per heavy atom. The fourth-order valence-electron chi connectivity index (χ4n) is 3.91. The number of hydroxylamine groups is 1. The first-order valence-electron chi connectivity index (χ1n) is 8.69. The van der Waals surface area contributed by atoms with Crippen LogP contribution in [0.5, 0.6) is 0 Å². The average molecular weight is 331 g/mol. The lowest BCUT2D eigenvalue weighted by Crippen LogP contribution is -2.52. The van der Waals surface area contributed by atoms with Gasteiger partial charge in [0.1, 0.15) is 0 Å². The van der Waals surface area contributed by atoms with Crippen molar-refractivity contribution < 1.29 is 14.8 Å². The minimum atomic E-state index is -0.497. The standard InChI is InChI=1S/C18H25N3O3/c22-17(20-24)16-12-19-9-6-15(16)18(23)21-10-7-14(8-11-21)13-4-2-1-3-5-13/h1-5,14-16,19,24H,6-12H2,(H,20,22)/t15-,16-/m0/s1. The van der Waals surface area contributed by atoms with Gasteiger partial charge in [0.15, 0.2) is 0 Å². The van der Waals surface area contributed by atoms with Gasteiger partial charge in [-0.1, -0.05) is 30.3 Å². The number of likely N-dealkylation sites (tertiary alicyclic amines) is 1. The molecule has 3 rings (SSSR count). The zero-order valence-electron chi connectivity index (χ0n) is 13.8. The average Bonchev–Trinajstić information content (AvgIpc) is 2.67. The van der Waals surface area contributed by atoms with Crippen LogP contribution in [0.4, 0.5) is 0 Å². The Bertz CT molecular complexity index is 570. The fraction of sp³-hybridized carbons (Fsp3) is 0.556. The number of amides is 2. The maximum atomic E-state index is 12.9. The summed E-state index contributed by atoms with van der Waals surface area (Å²) in [5.74, 6) is -0.758. The summed E-state index contributed by atoms with van der Waals surface area (Å²) in [5, 5.41) is 12.0. The summed E-state index contributed by atoms with van der Waals surface area (Å²) in [6, 6.07) is 10.4. The highest BCUT2D eigenvalue weighted by atomic mass is 16.5. The van der Waals surface area contributed by atoms with E-state index in [1.165, 1.54) is 5.56 Å². The smallest absolute Gasteiger partial charge is 0.248 e. The van der Waals surface area contributed by atoms with Crippen molar-refractivity contribution in [1.29, 1.82) is 0 Å². The van der Waals surface area contributed by atoms with Crippen LogP contribution in [0.3, 0.4) is 0 Å². The zero-order chi connectivity index (χ0) is 16.9. The van der Waals surface area contributed by atoms with E-state index in [1.807, 2.05) is 11.0 Å². The van der Waals surface area contributed by atoms with Gasteiger partial charge in [-0.3, -0.25) is 14.8 Å². The summed E-state index contributed by atoms with van der Waals surface area (Å²) >= 11 is 0. The molecule has 2 atom stereocenters. The lowest BCUT2D eigenvalue weighted by Gasteiger charge is -2.37. The highest BCUT2D eigenvalue weighted by molar-refractivity contribution is 5.87. The van der Waals surface area contributed by atoms with Crippen LogP contribution in [-0.2, 0) is 9.59 Å². The van der Waals surface area contributed by atoms with Crippen LogP contribution in [0, 0.1) is 11.8 Å². The number of benzene rings is 1. The molecule has 0 saturated carbocycles. The summed E-state index contributed by atoms with van der Waals surface area (Å²) in [6.07, 6.45) is 2.55. The zero-order valence-corrected chi connectivity index (χ0v) is 13.8. The van der Waals surface area contributed by atoms with Crippen molar-refractivity contribution in [3.8, 4) is 0 Å². The van der Waals surface area contributed by atoms with Crippen molar-refractivity contribution in [2.24, 2.45) is 11.8 Å². The Morgan fingerprint density at radius 3 is 2.46 bits per heavy atom. The van der Waals surface area contributed by atoms with E-state index in [1.54, 1.807) is 5.48 Å². The second-order valence-electron chi connectivity index (χ2n) is 6.69. The fourth-order valence-corrected chi connectivity index (χ4v) is 3.91. The summed E-state index contributed by atoms with van der Waals surface area (Å²) in [7, 11) is 0. The van der Waals surface area contributed by atoms with E-state index in [4.69, 9.17) is 5.21 Å². The summed E-state index contributed by atoms with van der Waals surface area (Å²) in [4.78, 5) is 26.6. The van der Waals surface area contributed by atoms with E-state index in [0.717, 1.165) is 32.5 Å². The maximum absolute atomic E-state index is 12.9. The van der Waals surface area contributed by atoms with Gasteiger partial charge in [0.25, 0.3) is 0 Å². The molecule has 2 aliphatic rings. The number of nitrogens with zero attached hydrogens (tertiary/aromatic N) is 1. The number of hydrogen-bond donors (Lipinski definition) is 3. The van der Waals surface area contributed by atoms with Crippen LogP contribution in [0.1, 0.15) is 30.7 Å². The van der Waals surface area contributed by atoms with Gasteiger partial charge in [-0.15, -0.1) is 0 Å². The molecule has 1 aromatic rings. The van der Waals surface area contributed by atoms with Gasteiger partial charge in [0.2, 0.25) is 11.8 Å². The lowest BCUT2D eigenvalue weighted by molar-refractivity contribution is -0.147. The van der Waals surface area contributed by atoms with Crippen LogP contribution in [0.15, 0.2) is 30.3 Å². The van der Waals surface area contributed by atoms with Crippen LogP contribution in [0.25, 0.3) is 0 Å². The molecule has 2 fully saturated rings. The molecule has 0 bridgehead atoms. The highest BCUT2D eigenvalue weighted by Gasteiger charge is 2.38. The number of hydrogen-bond acceptors (Lipinski definition) is 4. The van der Waals surface area contributed by atoms with Crippen molar-refractivity contribution in [2.45, 2.75) is 25.2 Å². The molecule has 0 aromatic heterocycles. The third-order valence-corrected chi connectivity index (χ3v) is 5.32. The molecule has 3 N–H and O–H groups in total. The summed E-state index contributed by atoms with van der Waals surface area (Å²) in [5.41, 5.74) is 3.04. The topological polar surface area (TPSA) is 81.7 Å². The Labute approximate surface area is 142 Å². The molecule has 6 nitrogen and oxygen atoms in total. The van der Waals surface area contributed by atoms with E-state index >= 15 is 0 Å². The van der Waals surface area contributed by atoms with Crippen molar-refractivity contribution in [3.05, 3.63) is 35.9 Å². The molecule has 2 heterocycles. The normalized spacial score (nSPS) is 25.3. The first-order chi connectivity index (χ1) is 11.7. The minimum Gasteiger partial charge on any atom is -0.342 e. The maximum Gasteiger partial charge on any atom is 0.248 e. The van der Waals surface area contributed by atoms with Gasteiger partial charge >= 0.3 is 0 Å². The van der Waals surface area contributed by atoms with Crippen LogP contribution >= 0.6 is 0 Å². The van der Waals surface area contributed by atoms with Gasteiger partial charge in [-0.2, -0.15) is 0 Å². The molecular formula is C18H25N3O3. The first kappa shape index (κ1) is 16.9. The van der Waals surface area contributed by atoms with Crippen LogP contribution < -0.4 is 10.8 Å². The number of piperidine rings is 2. The molecule has 2 amide bonds. The Morgan fingerprint density at radius 1 is 1.08 bits per heavy atom. The highest BCUT2D eigenvalue weighted by Crippen LogP contribution is 2.30. The Balaban J connectivity index is 1.61. The monoisotopic (exact) mass is 331 g/mol. The van der Waals surface area contributed by atoms with E-state index in [-0.39, 0.29) is 11.8 Å². The number of nitrogens with one attached hydrogen (secondary N) is 2. The first-order valence-corrected chi connectivity index (χ1v) is 8.69. The number of carbonyl (C=O) groups is 2. The molecule has 6 heteroatoms. The predicted octanol–water partition coefficient (Wildman–Crippen LogP) is 1.12. The van der Waals surface area contributed by atoms with Crippen molar-refractivity contribution >= 4 is 11.8 Å². The third-order valence-electron chi connectivity index (χ3n) is 5.32. The van der Waals surface area contributed by atoms with Gasteiger partial charge in [-0.25, -0.2) is 5.48 Å². The summed E-state index contributed by atoms with van der Waals surface area (Å²) < 4.78 is 0. The molecule has 0 aliphatic carbocycles. The molecule has 1 aromatic carbocycles. The molecule has 24 heavy (non-hydrogen) atoms. The number of carbonyl (C=O) groups excluding carboxylic acids is 2. The molecular weight excluding hydrogens is 306 g/mol.